The molecule has 0 radical (unpaired) electrons. The molecule has 3 aromatic rings. The van der Waals surface area contributed by atoms with Crippen molar-refractivity contribution in [2.24, 2.45) is 0 Å². The van der Waals surface area contributed by atoms with Crippen LogP contribution in [0.1, 0.15) is 17.5 Å². The minimum absolute atomic E-state index is 0.201. The quantitative estimate of drug-likeness (QED) is 0.612. The highest BCUT2D eigenvalue weighted by Crippen LogP contribution is 2.22. The van der Waals surface area contributed by atoms with Crippen molar-refractivity contribution in [2.45, 2.75) is 11.0 Å². The number of nitrogens with zero attached hydrogens (tertiary/aromatic N) is 2. The highest BCUT2D eigenvalue weighted by Gasteiger charge is 2.16. The minimum atomic E-state index is -3.29. The molecule has 24 heavy (non-hydrogen) atoms. The number of hydrogen-bond donors (Lipinski definition) is 3. The fourth-order valence-corrected chi connectivity index (χ4v) is 2.85. The average molecular weight is 344 g/mol. The summed E-state index contributed by atoms with van der Waals surface area (Å²) in [6.07, 6.45) is 0.226. The predicted octanol–water partition coefficient (Wildman–Crippen LogP) is 2.25. The van der Waals surface area contributed by atoms with Crippen LogP contribution in [0.15, 0.2) is 59.5 Å². The van der Waals surface area contributed by atoms with Gasteiger partial charge < -0.3 is 15.0 Å². The summed E-state index contributed by atoms with van der Waals surface area (Å²) in [4.78, 5) is 4.40. The molecule has 1 heterocycles. The number of aliphatic hydroxyl groups excluding tert-OH is 1. The molecule has 0 aliphatic rings. The number of hydrogen-bond acceptors (Lipinski definition) is 6. The van der Waals surface area contributed by atoms with Gasteiger partial charge in [0.2, 0.25) is 5.95 Å². The van der Waals surface area contributed by atoms with Crippen LogP contribution in [0.25, 0.3) is 0 Å². The Morgan fingerprint density at radius 2 is 1.96 bits per heavy atom. The van der Waals surface area contributed by atoms with E-state index >= 15 is 0 Å². The van der Waals surface area contributed by atoms with Crippen LogP contribution < -0.4 is 5.32 Å². The molecule has 3 rings (SSSR count). The lowest BCUT2D eigenvalue weighted by Crippen LogP contribution is -2.07. The van der Waals surface area contributed by atoms with Crippen LogP contribution in [0.5, 0.6) is 0 Å². The van der Waals surface area contributed by atoms with Gasteiger partial charge in [0, 0.05) is 11.8 Å². The molecular formula is C16H16N4O3S. The standard InChI is InChI=1S/C16H16N4O3S/c1-24(22,23)13-9-5-8-12(10-13)17-16-18-15(19-20-16)14(21)11-6-3-2-4-7-11/h2-10,14,21H,1H3,(H2-,17,18,19,20,22,23). The van der Waals surface area contributed by atoms with Gasteiger partial charge in [0.15, 0.2) is 10.7 Å². The maximum atomic E-state index is 11.6. The van der Waals surface area contributed by atoms with E-state index in [4.69, 9.17) is 0 Å². The van der Waals surface area contributed by atoms with Crippen molar-refractivity contribution in [1.82, 2.24) is 15.2 Å². The zero-order chi connectivity index (χ0) is 17.2. The fourth-order valence-electron chi connectivity index (χ4n) is 2.18. The van der Waals surface area contributed by atoms with Crippen LogP contribution in [0.2, 0.25) is 0 Å². The monoisotopic (exact) mass is 344 g/mol. The summed E-state index contributed by atoms with van der Waals surface area (Å²) in [6.45, 7) is 0. The molecule has 0 saturated heterocycles. The van der Waals surface area contributed by atoms with Gasteiger partial charge in [-0.25, -0.2) is 0 Å². The highest BCUT2D eigenvalue weighted by molar-refractivity contribution is 7.97. The molecule has 1 aromatic heterocycles. The summed E-state index contributed by atoms with van der Waals surface area (Å²) in [5.41, 5.74) is 1.23. The number of rotatable bonds is 5. The van der Waals surface area contributed by atoms with Gasteiger partial charge in [-0.3, -0.25) is 5.10 Å². The molecule has 0 aliphatic carbocycles. The molecule has 3 N–H and O–H groups in total. The number of benzene rings is 2. The van der Waals surface area contributed by atoms with Crippen molar-refractivity contribution >= 4 is 21.8 Å². The maximum Gasteiger partial charge on any atom is 0.246 e. The van der Waals surface area contributed by atoms with Gasteiger partial charge >= 0.3 is 0 Å². The Hall–Kier alpha value is -2.55. The Labute approximate surface area is 140 Å². The first-order valence-electron chi connectivity index (χ1n) is 7.16. The van der Waals surface area contributed by atoms with E-state index in [1.54, 1.807) is 24.3 Å². The van der Waals surface area contributed by atoms with E-state index in [0.717, 1.165) is 6.26 Å². The third-order valence-corrected chi connectivity index (χ3v) is 4.51. The Morgan fingerprint density at radius 1 is 1.21 bits per heavy atom. The third kappa shape index (κ3) is 3.67. The van der Waals surface area contributed by atoms with Gasteiger partial charge in [-0.05, 0) is 17.7 Å². The lowest BCUT2D eigenvalue weighted by Gasteiger charge is -2.10. The van der Waals surface area contributed by atoms with E-state index in [2.05, 4.69) is 20.5 Å². The second-order valence-corrected chi connectivity index (χ2v) is 7.30. The number of H-pyrrole nitrogens is 1. The summed E-state index contributed by atoms with van der Waals surface area (Å²) in [5.74, 6) is 0.536. The SMILES string of the molecule is C[S+](=O)([O-])c1cccc(Nc2n[nH]c(C(O)c3ccccc3)n2)c1. The Bertz CT molecular complexity index is 876. The van der Waals surface area contributed by atoms with Crippen molar-refractivity contribution in [3.63, 3.8) is 0 Å². The number of aliphatic hydroxyl groups is 1. The Balaban J connectivity index is 1.78. The lowest BCUT2D eigenvalue weighted by atomic mass is 10.1. The summed E-state index contributed by atoms with van der Waals surface area (Å²) in [6, 6.07) is 15.4. The lowest BCUT2D eigenvalue weighted by molar-refractivity contribution is 0.210. The second kappa shape index (κ2) is 6.52. The molecule has 2 atom stereocenters. The van der Waals surface area contributed by atoms with Gasteiger partial charge in [0.1, 0.15) is 12.4 Å². The highest BCUT2D eigenvalue weighted by atomic mass is 32.3. The summed E-state index contributed by atoms with van der Waals surface area (Å²) < 4.78 is 23.2. The average Bonchev–Trinajstić information content (AvgIpc) is 3.03. The van der Waals surface area contributed by atoms with Crippen molar-refractivity contribution < 1.29 is 13.9 Å². The number of nitrogens with one attached hydrogen (secondary N) is 2. The largest absolute Gasteiger partial charge is 0.610 e. The molecule has 0 bridgehead atoms. The molecule has 0 saturated carbocycles. The summed E-state index contributed by atoms with van der Waals surface area (Å²) in [5, 5.41) is 19.9. The molecular weight excluding hydrogens is 328 g/mol. The van der Waals surface area contributed by atoms with Gasteiger partial charge in [0.05, 0.1) is 10.2 Å². The Kier molecular flexibility index (Phi) is 4.43. The zero-order valence-corrected chi connectivity index (χ0v) is 13.7. The first-order valence-corrected chi connectivity index (χ1v) is 9.05. The van der Waals surface area contributed by atoms with E-state index in [-0.39, 0.29) is 10.8 Å². The van der Waals surface area contributed by atoms with Gasteiger partial charge in [-0.2, -0.15) is 4.98 Å². The number of anilines is 2. The molecule has 0 spiro atoms. The van der Waals surface area contributed by atoms with E-state index in [1.807, 2.05) is 18.2 Å². The first-order chi connectivity index (χ1) is 11.4. The van der Waals surface area contributed by atoms with Crippen molar-refractivity contribution in [1.29, 1.82) is 0 Å². The zero-order valence-electron chi connectivity index (χ0n) is 12.8. The van der Waals surface area contributed by atoms with Gasteiger partial charge in [-0.15, -0.1) is 9.31 Å². The van der Waals surface area contributed by atoms with Crippen LogP contribution in [0.4, 0.5) is 11.6 Å². The third-order valence-electron chi connectivity index (χ3n) is 3.40. The molecule has 0 aliphatic heterocycles. The molecule has 2 unspecified atom stereocenters. The fraction of sp³-hybridized carbons (Fsp3) is 0.125. The molecule has 0 amide bonds. The molecule has 2 aromatic carbocycles. The molecule has 124 valence electrons. The van der Waals surface area contributed by atoms with Crippen LogP contribution in [-0.4, -0.2) is 31.1 Å². The van der Waals surface area contributed by atoms with E-state index in [0.29, 0.717) is 17.1 Å². The van der Waals surface area contributed by atoms with Crippen LogP contribution >= 0.6 is 0 Å². The normalized spacial score (nSPS) is 14.8. The van der Waals surface area contributed by atoms with Crippen molar-refractivity contribution in [2.75, 3.05) is 11.6 Å². The van der Waals surface area contributed by atoms with Crippen LogP contribution in [-0.2, 0) is 14.4 Å². The minimum Gasteiger partial charge on any atom is -0.610 e. The number of aromatic nitrogens is 3. The van der Waals surface area contributed by atoms with Crippen molar-refractivity contribution in [3.05, 3.63) is 66.0 Å². The van der Waals surface area contributed by atoms with Crippen LogP contribution in [0, 0.1) is 0 Å². The van der Waals surface area contributed by atoms with Gasteiger partial charge in [0.25, 0.3) is 0 Å². The first kappa shape index (κ1) is 16.3. The van der Waals surface area contributed by atoms with Gasteiger partial charge in [-0.1, -0.05) is 36.4 Å². The van der Waals surface area contributed by atoms with E-state index in [1.165, 1.54) is 12.1 Å². The van der Waals surface area contributed by atoms with Crippen molar-refractivity contribution in [3.8, 4) is 0 Å². The smallest absolute Gasteiger partial charge is 0.246 e. The number of sulfone groups is 1. The Morgan fingerprint density at radius 3 is 2.67 bits per heavy atom. The molecule has 8 heteroatoms. The van der Waals surface area contributed by atoms with E-state index < -0.39 is 16.3 Å². The van der Waals surface area contributed by atoms with E-state index in [9.17, 15) is 13.9 Å². The maximum absolute atomic E-state index is 11.6. The topological polar surface area (TPSA) is 114 Å². The number of aromatic amines is 1. The second-order valence-electron chi connectivity index (χ2n) is 5.28. The summed E-state index contributed by atoms with van der Waals surface area (Å²) >= 11 is 0. The van der Waals surface area contributed by atoms with Crippen LogP contribution in [0.3, 0.4) is 0 Å². The summed E-state index contributed by atoms with van der Waals surface area (Å²) in [7, 11) is -3.29. The predicted molar refractivity (Wildman–Crippen MR) is 89.6 cm³/mol. The molecule has 0 fully saturated rings. The molecule has 7 nitrogen and oxygen atoms in total.